The van der Waals surface area contributed by atoms with Gasteiger partial charge in [0.2, 0.25) is 0 Å². The van der Waals surface area contributed by atoms with Crippen LogP contribution in [0.5, 0.6) is 5.75 Å². The van der Waals surface area contributed by atoms with Crippen LogP contribution in [0.2, 0.25) is 0 Å². The molecule has 5 heteroatoms. The Balaban J connectivity index is 2.06. The van der Waals surface area contributed by atoms with Gasteiger partial charge in [-0.15, -0.1) is 0 Å². The summed E-state index contributed by atoms with van der Waals surface area (Å²) in [5, 5.41) is 0. The minimum absolute atomic E-state index is 0.179. The van der Waals surface area contributed by atoms with Gasteiger partial charge in [-0.2, -0.15) is 0 Å². The Morgan fingerprint density at radius 2 is 1.36 bits per heavy atom. The first kappa shape index (κ1) is 15.4. The number of aryl methyl sites for hydroxylation is 1. The number of hydrogen-bond donors (Lipinski definition) is 0. The molecule has 0 saturated heterocycles. The highest BCUT2D eigenvalue weighted by molar-refractivity contribution is 6.41. The summed E-state index contributed by atoms with van der Waals surface area (Å²) in [6, 6.07) is 12.4. The molecule has 22 heavy (non-hydrogen) atoms. The van der Waals surface area contributed by atoms with Crippen LogP contribution >= 0.6 is 0 Å². The Hall–Kier alpha value is -2.95. The van der Waals surface area contributed by atoms with E-state index in [1.807, 2.05) is 6.92 Å². The zero-order valence-corrected chi connectivity index (χ0v) is 12.2. The molecule has 0 atom stereocenters. The third-order valence-electron chi connectivity index (χ3n) is 2.99. The molecule has 0 radical (unpaired) electrons. The second kappa shape index (κ2) is 6.67. The monoisotopic (exact) mass is 298 g/mol. The molecule has 0 aliphatic heterocycles. The molecule has 0 spiro atoms. The van der Waals surface area contributed by atoms with E-state index < -0.39 is 17.7 Å². The molecule has 112 valence electrons. The van der Waals surface area contributed by atoms with Gasteiger partial charge >= 0.3 is 11.9 Å². The second-order valence-electron chi connectivity index (χ2n) is 4.60. The lowest BCUT2D eigenvalue weighted by Crippen LogP contribution is -2.20. The zero-order valence-electron chi connectivity index (χ0n) is 12.2. The summed E-state index contributed by atoms with van der Waals surface area (Å²) in [6.07, 6.45) is 0. The molecular weight excluding hydrogens is 284 g/mol. The fourth-order valence-electron chi connectivity index (χ4n) is 1.75. The topological polar surface area (TPSA) is 69.7 Å². The molecule has 0 N–H and O–H groups in total. The van der Waals surface area contributed by atoms with Crippen LogP contribution in [0.1, 0.15) is 26.3 Å². The molecule has 0 amide bonds. The molecule has 0 fully saturated rings. The smallest absolute Gasteiger partial charge is 0.385 e. The molecule has 5 nitrogen and oxygen atoms in total. The van der Waals surface area contributed by atoms with Crippen LogP contribution in [-0.2, 0) is 9.53 Å². The Kier molecular flexibility index (Phi) is 4.68. The van der Waals surface area contributed by atoms with Gasteiger partial charge in [0, 0.05) is 5.56 Å². The molecule has 0 saturated carbocycles. The van der Waals surface area contributed by atoms with E-state index in [9.17, 15) is 14.4 Å². The predicted octanol–water partition coefficient (Wildman–Crippen LogP) is 2.57. The first-order valence-corrected chi connectivity index (χ1v) is 6.53. The van der Waals surface area contributed by atoms with Crippen molar-refractivity contribution in [3.05, 3.63) is 65.2 Å². The molecule has 0 heterocycles. The Morgan fingerprint density at radius 3 is 1.91 bits per heavy atom. The number of rotatable bonds is 4. The summed E-state index contributed by atoms with van der Waals surface area (Å²) >= 11 is 0. The molecule has 0 unspecified atom stereocenters. The molecule has 0 aliphatic rings. The minimum atomic E-state index is -0.977. The minimum Gasteiger partial charge on any atom is -0.465 e. The Bertz CT molecular complexity index is 699. The van der Waals surface area contributed by atoms with Gasteiger partial charge in [-0.05, 0) is 31.2 Å². The number of esters is 2. The van der Waals surface area contributed by atoms with E-state index in [-0.39, 0.29) is 11.3 Å². The van der Waals surface area contributed by atoms with Crippen LogP contribution < -0.4 is 4.74 Å². The lowest BCUT2D eigenvalue weighted by Gasteiger charge is -2.05. The number of Topliss-reactive ketones (excluding diaryl/α,β-unsaturated/α-hetero) is 1. The highest BCUT2D eigenvalue weighted by Crippen LogP contribution is 2.14. The predicted molar refractivity (Wildman–Crippen MR) is 78.9 cm³/mol. The Morgan fingerprint density at radius 1 is 0.818 bits per heavy atom. The van der Waals surface area contributed by atoms with Crippen LogP contribution in [0.15, 0.2) is 48.5 Å². The van der Waals surface area contributed by atoms with Crippen molar-refractivity contribution < 1.29 is 23.9 Å². The number of carbonyl (C=O) groups is 3. The standard InChI is InChI=1S/C17H14O5/c1-11-3-5-12(6-4-11)15(18)17(20)22-14-9-7-13(8-10-14)16(19)21-2/h3-10H,1-2H3. The van der Waals surface area contributed by atoms with Gasteiger partial charge in [-0.25, -0.2) is 9.59 Å². The van der Waals surface area contributed by atoms with Crippen LogP contribution in [0.4, 0.5) is 0 Å². The normalized spacial score (nSPS) is 9.91. The molecular formula is C17H14O5. The van der Waals surface area contributed by atoms with Gasteiger partial charge in [0.1, 0.15) is 5.75 Å². The van der Waals surface area contributed by atoms with E-state index in [4.69, 9.17) is 4.74 Å². The maximum absolute atomic E-state index is 11.9. The number of ether oxygens (including phenoxy) is 2. The Labute approximate surface area is 127 Å². The summed E-state index contributed by atoms with van der Waals surface area (Å²) in [6.45, 7) is 1.88. The van der Waals surface area contributed by atoms with Crippen LogP contribution in [-0.4, -0.2) is 24.8 Å². The van der Waals surface area contributed by atoms with E-state index in [1.165, 1.54) is 31.4 Å². The van der Waals surface area contributed by atoms with Gasteiger partial charge < -0.3 is 9.47 Å². The summed E-state index contributed by atoms with van der Waals surface area (Å²) in [5.74, 6) is -2.02. The van der Waals surface area contributed by atoms with Gasteiger partial charge in [0.25, 0.3) is 5.78 Å². The molecule has 2 rings (SSSR count). The van der Waals surface area contributed by atoms with Gasteiger partial charge in [-0.3, -0.25) is 4.79 Å². The average Bonchev–Trinajstić information content (AvgIpc) is 2.54. The number of ketones is 1. The zero-order chi connectivity index (χ0) is 16.1. The van der Waals surface area contributed by atoms with Crippen molar-refractivity contribution >= 4 is 17.7 Å². The molecule has 2 aromatic rings. The van der Waals surface area contributed by atoms with Crippen LogP contribution in [0, 0.1) is 6.92 Å². The highest BCUT2D eigenvalue weighted by Gasteiger charge is 2.18. The van der Waals surface area contributed by atoms with Crippen molar-refractivity contribution in [1.29, 1.82) is 0 Å². The molecule has 0 aliphatic carbocycles. The summed E-state index contributed by atoms with van der Waals surface area (Å²) < 4.78 is 9.55. The maximum atomic E-state index is 11.9. The average molecular weight is 298 g/mol. The third kappa shape index (κ3) is 3.58. The lowest BCUT2D eigenvalue weighted by atomic mass is 10.1. The van der Waals surface area contributed by atoms with E-state index in [1.54, 1.807) is 24.3 Å². The number of methoxy groups -OCH3 is 1. The van der Waals surface area contributed by atoms with Crippen LogP contribution in [0.25, 0.3) is 0 Å². The first-order chi connectivity index (χ1) is 10.5. The number of carbonyl (C=O) groups excluding carboxylic acids is 3. The lowest BCUT2D eigenvalue weighted by molar-refractivity contribution is -0.129. The van der Waals surface area contributed by atoms with Crippen molar-refractivity contribution in [2.24, 2.45) is 0 Å². The summed E-state index contributed by atoms with van der Waals surface area (Å²) in [7, 11) is 1.27. The summed E-state index contributed by atoms with van der Waals surface area (Å²) in [4.78, 5) is 35.0. The van der Waals surface area contributed by atoms with E-state index in [0.29, 0.717) is 5.56 Å². The first-order valence-electron chi connectivity index (χ1n) is 6.53. The fourth-order valence-corrected chi connectivity index (χ4v) is 1.75. The van der Waals surface area contributed by atoms with Gasteiger partial charge in [-0.1, -0.05) is 29.8 Å². The van der Waals surface area contributed by atoms with Crippen molar-refractivity contribution in [2.45, 2.75) is 6.92 Å². The van der Waals surface area contributed by atoms with Crippen molar-refractivity contribution in [3.63, 3.8) is 0 Å². The van der Waals surface area contributed by atoms with Gasteiger partial charge in [0.15, 0.2) is 0 Å². The molecule has 2 aromatic carbocycles. The fraction of sp³-hybridized carbons (Fsp3) is 0.118. The largest absolute Gasteiger partial charge is 0.465 e. The molecule has 0 bridgehead atoms. The maximum Gasteiger partial charge on any atom is 0.385 e. The molecule has 0 aromatic heterocycles. The second-order valence-corrected chi connectivity index (χ2v) is 4.60. The summed E-state index contributed by atoms with van der Waals surface area (Å²) in [5.41, 5.74) is 1.58. The number of hydrogen-bond acceptors (Lipinski definition) is 5. The van der Waals surface area contributed by atoms with Crippen molar-refractivity contribution in [1.82, 2.24) is 0 Å². The SMILES string of the molecule is COC(=O)c1ccc(OC(=O)C(=O)c2ccc(C)cc2)cc1. The van der Waals surface area contributed by atoms with Crippen molar-refractivity contribution in [2.75, 3.05) is 7.11 Å². The quantitative estimate of drug-likeness (QED) is 0.375. The van der Waals surface area contributed by atoms with E-state index in [2.05, 4.69) is 4.74 Å². The van der Waals surface area contributed by atoms with Gasteiger partial charge in [0.05, 0.1) is 12.7 Å². The van der Waals surface area contributed by atoms with E-state index >= 15 is 0 Å². The van der Waals surface area contributed by atoms with E-state index in [0.717, 1.165) is 5.56 Å². The van der Waals surface area contributed by atoms with Crippen LogP contribution in [0.3, 0.4) is 0 Å². The highest BCUT2D eigenvalue weighted by atomic mass is 16.5. The number of benzene rings is 2. The third-order valence-corrected chi connectivity index (χ3v) is 2.99. The van der Waals surface area contributed by atoms with Crippen molar-refractivity contribution in [3.8, 4) is 5.75 Å².